The van der Waals surface area contributed by atoms with Crippen LogP contribution in [0.15, 0.2) is 36.1 Å². The number of rotatable bonds is 21. The molecule has 1 aromatic rings. The van der Waals surface area contributed by atoms with E-state index < -0.39 is 40.6 Å². The van der Waals surface area contributed by atoms with E-state index in [0.29, 0.717) is 25.0 Å². The van der Waals surface area contributed by atoms with Crippen LogP contribution in [0.5, 0.6) is 5.75 Å². The van der Waals surface area contributed by atoms with E-state index in [1.54, 1.807) is 26.8 Å². The lowest BCUT2D eigenvalue weighted by atomic mass is 9.50. The molecule has 0 aromatic heterocycles. The molecule has 2 aliphatic heterocycles. The standard InChI is InChI=1S/C45H67NO7/c1-7-8-9-10-11-12-13-14-15-16-17-18-19-20-21-22-35(47)29-34(31-38(48)53-43(3,4)5)42(49)51-36-25-26-45(50)37-30-33-24-23-32(2)40-39(33)44(45,41(36)52-40)27-28-46(37)6/h14-15,23-25,34,37,41,50H,7-13,16-22,26-31H2,1-6H3/b15-14+/t34-,37+,41-,44-,45+/m0/s1. The number of unbranched alkanes of at least 4 members (excludes halogenated alkanes) is 11. The van der Waals surface area contributed by atoms with Crippen molar-refractivity contribution in [3.8, 4) is 5.75 Å². The summed E-state index contributed by atoms with van der Waals surface area (Å²) in [7, 11) is 2.06. The number of hydrogen-bond donors (Lipinski definition) is 1. The molecule has 0 amide bonds. The summed E-state index contributed by atoms with van der Waals surface area (Å²) in [6.07, 6.45) is 22.9. The van der Waals surface area contributed by atoms with Crippen LogP contribution in [0, 0.1) is 12.8 Å². The minimum Gasteiger partial charge on any atom is -0.481 e. The van der Waals surface area contributed by atoms with Gasteiger partial charge in [-0.05, 0) is 103 Å². The van der Waals surface area contributed by atoms with Gasteiger partial charge < -0.3 is 24.2 Å². The summed E-state index contributed by atoms with van der Waals surface area (Å²) in [4.78, 5) is 42.5. The van der Waals surface area contributed by atoms with Crippen LogP contribution >= 0.6 is 0 Å². The Morgan fingerprint density at radius 3 is 2.32 bits per heavy atom. The molecule has 5 rings (SSSR count). The van der Waals surface area contributed by atoms with Crippen molar-refractivity contribution in [3.05, 3.63) is 52.8 Å². The molecule has 2 aliphatic carbocycles. The van der Waals surface area contributed by atoms with Crippen LogP contribution in [-0.4, -0.2) is 64.7 Å². The van der Waals surface area contributed by atoms with Gasteiger partial charge in [0.05, 0.1) is 23.4 Å². The SMILES string of the molecule is CCCCCCCC/C=C/CCCCCCCC(=O)C[C@@H](CC(=O)OC(C)(C)C)C(=O)OC1=CC[C@@]2(O)[C@H]3Cc4ccc(C)c5c4[C@@]2(CCN3C)[C@H]1O5. The molecule has 0 radical (unpaired) electrons. The lowest BCUT2D eigenvalue weighted by Gasteiger charge is -2.61. The number of allylic oxidation sites excluding steroid dienone is 2. The summed E-state index contributed by atoms with van der Waals surface area (Å²) in [5.74, 6) is -1.04. The lowest BCUT2D eigenvalue weighted by molar-refractivity contribution is -0.172. The second-order valence-electron chi connectivity index (χ2n) is 17.4. The number of carbonyl (C=O) groups excluding carboxylic acids is 3. The number of aliphatic hydroxyl groups is 1. The quantitative estimate of drug-likeness (QED) is 0.0759. The van der Waals surface area contributed by atoms with E-state index in [-0.39, 0.29) is 24.7 Å². The molecule has 8 nitrogen and oxygen atoms in total. The minimum atomic E-state index is -1.08. The van der Waals surface area contributed by atoms with Crippen LogP contribution in [0.2, 0.25) is 0 Å². The fourth-order valence-corrected chi connectivity index (χ4v) is 9.38. The van der Waals surface area contributed by atoms with Crippen molar-refractivity contribution >= 4 is 17.7 Å². The number of likely N-dealkylation sites (N-methyl/N-ethyl adjacent to an activating group) is 1. The number of piperidine rings is 1. The van der Waals surface area contributed by atoms with Gasteiger partial charge in [-0.3, -0.25) is 14.4 Å². The van der Waals surface area contributed by atoms with Gasteiger partial charge in [-0.15, -0.1) is 0 Å². The molecular weight excluding hydrogens is 666 g/mol. The van der Waals surface area contributed by atoms with Crippen molar-refractivity contribution in [1.29, 1.82) is 0 Å². The lowest BCUT2D eigenvalue weighted by Crippen LogP contribution is -2.74. The number of aryl methyl sites for hydroxylation is 1. The molecule has 1 saturated heterocycles. The Morgan fingerprint density at radius 2 is 1.64 bits per heavy atom. The maximum atomic E-state index is 14.0. The van der Waals surface area contributed by atoms with Gasteiger partial charge in [0.2, 0.25) is 0 Å². The van der Waals surface area contributed by atoms with E-state index in [0.717, 1.165) is 68.4 Å². The number of ether oxygens (including phenoxy) is 3. The van der Waals surface area contributed by atoms with Crippen LogP contribution in [-0.2, 0) is 35.7 Å². The number of carbonyl (C=O) groups is 3. The van der Waals surface area contributed by atoms with Crippen molar-refractivity contribution in [2.24, 2.45) is 5.92 Å². The number of benzene rings is 1. The Bertz CT molecular complexity index is 1510. The van der Waals surface area contributed by atoms with Crippen molar-refractivity contribution in [2.75, 3.05) is 13.6 Å². The van der Waals surface area contributed by atoms with Gasteiger partial charge in [-0.25, -0.2) is 0 Å². The van der Waals surface area contributed by atoms with Crippen molar-refractivity contribution in [1.82, 2.24) is 4.90 Å². The van der Waals surface area contributed by atoms with Crippen LogP contribution < -0.4 is 4.74 Å². The molecule has 5 atom stereocenters. The largest absolute Gasteiger partial charge is 0.481 e. The Hall–Kier alpha value is -2.97. The molecule has 0 saturated carbocycles. The number of likely N-dealkylation sites (tertiary alicyclic amines) is 1. The highest BCUT2D eigenvalue weighted by atomic mass is 16.6. The smallest absolute Gasteiger partial charge is 0.315 e. The Kier molecular flexibility index (Phi) is 14.1. The fourth-order valence-electron chi connectivity index (χ4n) is 9.38. The maximum Gasteiger partial charge on any atom is 0.315 e. The normalized spacial score (nSPS) is 25.1. The van der Waals surface area contributed by atoms with E-state index in [1.807, 2.05) is 6.92 Å². The summed E-state index contributed by atoms with van der Waals surface area (Å²) in [6, 6.07) is 4.12. The van der Waals surface area contributed by atoms with Crippen LogP contribution in [0.25, 0.3) is 0 Å². The number of esters is 2. The number of nitrogens with zero attached hydrogens (tertiary/aromatic N) is 1. The van der Waals surface area contributed by atoms with Crippen LogP contribution in [0.1, 0.15) is 160 Å². The van der Waals surface area contributed by atoms with Crippen molar-refractivity contribution < 1.29 is 33.7 Å². The zero-order valence-corrected chi connectivity index (χ0v) is 33.6. The third-order valence-corrected chi connectivity index (χ3v) is 12.1. The highest BCUT2D eigenvalue weighted by Crippen LogP contribution is 2.64. The zero-order valence-electron chi connectivity index (χ0n) is 33.6. The minimum absolute atomic E-state index is 0.0473. The van der Waals surface area contributed by atoms with Crippen LogP contribution in [0.4, 0.5) is 0 Å². The van der Waals surface area contributed by atoms with Crippen molar-refractivity contribution in [2.45, 2.75) is 185 Å². The summed E-state index contributed by atoms with van der Waals surface area (Å²) in [6.45, 7) is 10.4. The first-order chi connectivity index (χ1) is 25.3. The maximum absolute atomic E-state index is 14.0. The first-order valence-corrected chi connectivity index (χ1v) is 20.8. The van der Waals surface area contributed by atoms with Gasteiger partial charge in [0.15, 0.2) is 6.10 Å². The molecule has 1 fully saturated rings. The molecule has 2 bridgehead atoms. The molecule has 1 aromatic carbocycles. The molecule has 2 heterocycles. The number of hydrogen-bond acceptors (Lipinski definition) is 8. The van der Waals surface area contributed by atoms with E-state index in [1.165, 1.54) is 50.5 Å². The predicted octanol–water partition coefficient (Wildman–Crippen LogP) is 9.16. The van der Waals surface area contributed by atoms with Crippen molar-refractivity contribution in [3.63, 3.8) is 0 Å². The molecule has 294 valence electrons. The monoisotopic (exact) mass is 733 g/mol. The Morgan fingerprint density at radius 1 is 0.981 bits per heavy atom. The molecular formula is C45H67NO7. The van der Waals surface area contributed by atoms with Gasteiger partial charge >= 0.3 is 11.9 Å². The van der Waals surface area contributed by atoms with E-state index in [4.69, 9.17) is 14.2 Å². The summed E-state index contributed by atoms with van der Waals surface area (Å²) in [5.41, 5.74) is 0.662. The zero-order chi connectivity index (χ0) is 38.2. The number of ketones is 1. The fraction of sp³-hybridized carbons (Fsp3) is 0.711. The van der Waals surface area contributed by atoms with Crippen LogP contribution in [0.3, 0.4) is 0 Å². The molecule has 0 unspecified atom stereocenters. The Balaban J connectivity index is 1.15. The predicted molar refractivity (Wildman–Crippen MR) is 209 cm³/mol. The van der Waals surface area contributed by atoms with Gasteiger partial charge in [0, 0.05) is 30.9 Å². The second-order valence-corrected chi connectivity index (χ2v) is 17.4. The molecule has 1 spiro atoms. The van der Waals surface area contributed by atoms with Gasteiger partial charge in [0.25, 0.3) is 0 Å². The first-order valence-electron chi connectivity index (χ1n) is 20.8. The summed E-state index contributed by atoms with van der Waals surface area (Å²) >= 11 is 0. The molecule has 53 heavy (non-hydrogen) atoms. The van der Waals surface area contributed by atoms with E-state index in [2.05, 4.69) is 43.2 Å². The first kappa shape index (κ1) is 41.2. The van der Waals surface area contributed by atoms with E-state index >= 15 is 0 Å². The van der Waals surface area contributed by atoms with Gasteiger partial charge in [-0.2, -0.15) is 0 Å². The highest BCUT2D eigenvalue weighted by Gasteiger charge is 2.71. The molecule has 1 N–H and O–H groups in total. The Labute approximate surface area is 319 Å². The summed E-state index contributed by atoms with van der Waals surface area (Å²) in [5, 5.41) is 12.5. The topological polar surface area (TPSA) is 102 Å². The third-order valence-electron chi connectivity index (χ3n) is 12.1. The second kappa shape index (κ2) is 18.1. The molecule has 4 aliphatic rings. The molecule has 8 heteroatoms. The average molecular weight is 734 g/mol. The van der Waals surface area contributed by atoms with Gasteiger partial charge in [-0.1, -0.05) is 82.6 Å². The highest BCUT2D eigenvalue weighted by molar-refractivity contribution is 5.87. The van der Waals surface area contributed by atoms with E-state index in [9.17, 15) is 19.5 Å². The summed E-state index contributed by atoms with van der Waals surface area (Å²) < 4.78 is 18.4. The average Bonchev–Trinajstić information content (AvgIpc) is 3.46. The number of Topliss-reactive ketones (excluding diaryl/α,β-unsaturated/α-hetero) is 1. The third kappa shape index (κ3) is 9.47. The van der Waals surface area contributed by atoms with Gasteiger partial charge in [0.1, 0.15) is 22.9 Å².